The van der Waals surface area contributed by atoms with E-state index in [1.807, 2.05) is 12.1 Å². The van der Waals surface area contributed by atoms with Gasteiger partial charge in [-0.05, 0) is 42.0 Å². The minimum Gasteiger partial charge on any atom is -0.489 e. The highest BCUT2D eigenvalue weighted by Crippen LogP contribution is 2.17. The molecule has 1 amide bonds. The zero-order valence-electron chi connectivity index (χ0n) is 14.2. The highest BCUT2D eigenvalue weighted by Gasteiger charge is 2.26. The first kappa shape index (κ1) is 17.9. The van der Waals surface area contributed by atoms with Crippen LogP contribution in [-0.4, -0.2) is 52.7 Å². The summed E-state index contributed by atoms with van der Waals surface area (Å²) in [6, 6.07) is 10.7. The molecule has 1 aliphatic rings. The van der Waals surface area contributed by atoms with Crippen LogP contribution < -0.4 is 4.74 Å². The summed E-state index contributed by atoms with van der Waals surface area (Å²) in [5, 5.41) is 8.87. The van der Waals surface area contributed by atoms with Gasteiger partial charge in [-0.3, -0.25) is 14.6 Å². The number of hydrogen-bond acceptors (Lipinski definition) is 5. The molecule has 1 atom stereocenters. The Balaban J connectivity index is 1.57. The number of amides is 1. The molecule has 1 fully saturated rings. The Kier molecular flexibility index (Phi) is 5.80. The molecule has 1 unspecified atom stereocenters. The van der Waals surface area contributed by atoms with E-state index in [0.717, 1.165) is 5.56 Å². The van der Waals surface area contributed by atoms with Crippen LogP contribution >= 0.6 is 0 Å². The van der Waals surface area contributed by atoms with Gasteiger partial charge in [-0.2, -0.15) is 0 Å². The first-order valence-electron chi connectivity index (χ1n) is 8.36. The molecule has 1 aromatic carbocycles. The van der Waals surface area contributed by atoms with Crippen LogP contribution in [0.1, 0.15) is 22.3 Å². The number of aromatic nitrogens is 1. The maximum Gasteiger partial charge on any atom is 0.306 e. The van der Waals surface area contributed by atoms with Crippen molar-refractivity contribution in [2.45, 2.75) is 19.1 Å². The lowest BCUT2D eigenvalue weighted by molar-refractivity contribution is -0.141. The van der Waals surface area contributed by atoms with Crippen molar-refractivity contribution < 1.29 is 24.2 Å². The predicted octanol–water partition coefficient (Wildman–Crippen LogP) is 1.98. The van der Waals surface area contributed by atoms with Crippen molar-refractivity contribution in [2.24, 2.45) is 0 Å². The number of pyridine rings is 1. The number of carbonyl (C=O) groups excluding carboxylic acids is 1. The lowest BCUT2D eigenvalue weighted by Gasteiger charge is -2.32. The fraction of sp³-hybridized carbons (Fsp3) is 0.316. The van der Waals surface area contributed by atoms with Crippen molar-refractivity contribution >= 4 is 11.9 Å². The molecule has 0 radical (unpaired) electrons. The summed E-state index contributed by atoms with van der Waals surface area (Å²) in [7, 11) is 0. The smallest absolute Gasteiger partial charge is 0.306 e. The van der Waals surface area contributed by atoms with Gasteiger partial charge in [-0.25, -0.2) is 0 Å². The van der Waals surface area contributed by atoms with Crippen molar-refractivity contribution in [1.29, 1.82) is 0 Å². The van der Waals surface area contributed by atoms with Gasteiger partial charge < -0.3 is 19.5 Å². The number of carbonyl (C=O) groups is 2. The molecule has 1 aromatic heterocycles. The molecule has 26 heavy (non-hydrogen) atoms. The quantitative estimate of drug-likeness (QED) is 0.851. The second-order valence-electron chi connectivity index (χ2n) is 6.01. The molecule has 0 saturated carbocycles. The van der Waals surface area contributed by atoms with E-state index < -0.39 is 12.1 Å². The average molecular weight is 356 g/mol. The number of carboxylic acids is 1. The Morgan fingerprint density at radius 2 is 1.92 bits per heavy atom. The number of rotatable bonds is 6. The van der Waals surface area contributed by atoms with Crippen molar-refractivity contribution in [1.82, 2.24) is 9.88 Å². The highest BCUT2D eigenvalue weighted by molar-refractivity contribution is 5.94. The third kappa shape index (κ3) is 4.80. The van der Waals surface area contributed by atoms with E-state index in [2.05, 4.69) is 4.98 Å². The van der Waals surface area contributed by atoms with Crippen molar-refractivity contribution in [3.05, 3.63) is 59.9 Å². The van der Waals surface area contributed by atoms with Gasteiger partial charge in [-0.15, -0.1) is 0 Å². The highest BCUT2D eigenvalue weighted by atomic mass is 16.5. The van der Waals surface area contributed by atoms with E-state index in [9.17, 15) is 9.59 Å². The number of aliphatic carboxylic acids is 1. The van der Waals surface area contributed by atoms with Crippen LogP contribution in [0.4, 0.5) is 0 Å². The maximum absolute atomic E-state index is 12.6. The lowest BCUT2D eigenvalue weighted by atomic mass is 10.1. The molecule has 0 spiro atoms. The molecule has 3 rings (SSSR count). The number of hydrogen-bond donors (Lipinski definition) is 1. The van der Waals surface area contributed by atoms with Gasteiger partial charge in [0.2, 0.25) is 0 Å². The summed E-state index contributed by atoms with van der Waals surface area (Å²) in [4.78, 5) is 29.0. The predicted molar refractivity (Wildman–Crippen MR) is 92.9 cm³/mol. The van der Waals surface area contributed by atoms with Gasteiger partial charge in [0.25, 0.3) is 5.91 Å². The minimum atomic E-state index is -0.931. The van der Waals surface area contributed by atoms with Gasteiger partial charge >= 0.3 is 5.97 Å². The van der Waals surface area contributed by atoms with Gasteiger partial charge in [0.15, 0.2) is 0 Å². The lowest BCUT2D eigenvalue weighted by Crippen LogP contribution is -2.46. The fourth-order valence-electron chi connectivity index (χ4n) is 2.74. The molecular weight excluding hydrogens is 336 g/mol. The van der Waals surface area contributed by atoms with Crippen LogP contribution in [0.5, 0.6) is 5.75 Å². The van der Waals surface area contributed by atoms with E-state index >= 15 is 0 Å². The monoisotopic (exact) mass is 356 g/mol. The average Bonchev–Trinajstić information content (AvgIpc) is 2.67. The fourth-order valence-corrected chi connectivity index (χ4v) is 2.74. The SMILES string of the molecule is O=C(O)CC1CN(C(=O)c2ccc(OCc3ccncc3)cc2)CCO1. The molecular formula is C19H20N2O5. The number of nitrogens with zero attached hydrogens (tertiary/aromatic N) is 2. The van der Waals surface area contributed by atoms with Gasteiger partial charge in [0.05, 0.1) is 19.1 Å². The number of benzene rings is 1. The first-order chi connectivity index (χ1) is 12.6. The van der Waals surface area contributed by atoms with Gasteiger partial charge in [0, 0.05) is 31.0 Å². The molecule has 7 heteroatoms. The van der Waals surface area contributed by atoms with Crippen molar-refractivity contribution in [3.63, 3.8) is 0 Å². The van der Waals surface area contributed by atoms with Crippen molar-refractivity contribution in [3.8, 4) is 5.75 Å². The summed E-state index contributed by atoms with van der Waals surface area (Å²) in [5.74, 6) is -0.395. The Morgan fingerprint density at radius 1 is 1.19 bits per heavy atom. The van der Waals surface area contributed by atoms with E-state index in [4.69, 9.17) is 14.6 Å². The Labute approximate surface area is 151 Å². The summed E-state index contributed by atoms with van der Waals surface area (Å²) >= 11 is 0. The molecule has 7 nitrogen and oxygen atoms in total. The molecule has 2 aromatic rings. The first-order valence-corrected chi connectivity index (χ1v) is 8.36. The second kappa shape index (κ2) is 8.44. The van der Waals surface area contributed by atoms with Crippen LogP contribution in [0, 0.1) is 0 Å². The zero-order chi connectivity index (χ0) is 18.4. The molecule has 0 bridgehead atoms. The van der Waals surface area contributed by atoms with Gasteiger partial charge in [-0.1, -0.05) is 0 Å². The van der Waals surface area contributed by atoms with Crippen LogP contribution in [0.2, 0.25) is 0 Å². The van der Waals surface area contributed by atoms with E-state index in [1.165, 1.54) is 0 Å². The Bertz CT molecular complexity index is 748. The molecule has 1 N–H and O–H groups in total. The van der Waals surface area contributed by atoms with E-state index in [-0.39, 0.29) is 18.9 Å². The topological polar surface area (TPSA) is 89.0 Å². The largest absolute Gasteiger partial charge is 0.489 e. The van der Waals surface area contributed by atoms with E-state index in [0.29, 0.717) is 31.1 Å². The molecule has 1 saturated heterocycles. The summed E-state index contributed by atoms with van der Waals surface area (Å²) < 4.78 is 11.1. The molecule has 136 valence electrons. The summed E-state index contributed by atoms with van der Waals surface area (Å²) in [6.45, 7) is 1.51. The second-order valence-corrected chi connectivity index (χ2v) is 6.01. The van der Waals surface area contributed by atoms with Crippen LogP contribution in [0.3, 0.4) is 0 Å². The summed E-state index contributed by atoms with van der Waals surface area (Å²) in [6.07, 6.45) is 2.85. The third-order valence-corrected chi connectivity index (χ3v) is 4.08. The maximum atomic E-state index is 12.6. The van der Waals surface area contributed by atoms with Crippen LogP contribution in [-0.2, 0) is 16.1 Å². The third-order valence-electron chi connectivity index (χ3n) is 4.08. The molecule has 2 heterocycles. The van der Waals surface area contributed by atoms with Crippen molar-refractivity contribution in [2.75, 3.05) is 19.7 Å². The van der Waals surface area contributed by atoms with Crippen LogP contribution in [0.25, 0.3) is 0 Å². The van der Waals surface area contributed by atoms with Crippen LogP contribution in [0.15, 0.2) is 48.8 Å². The minimum absolute atomic E-state index is 0.106. The number of morpholine rings is 1. The standard InChI is InChI=1S/C19H20N2O5/c22-18(23)11-17-12-21(9-10-25-17)19(24)15-1-3-16(4-2-15)26-13-14-5-7-20-8-6-14/h1-8,17H,9-13H2,(H,22,23). The van der Waals surface area contributed by atoms with Gasteiger partial charge in [0.1, 0.15) is 12.4 Å². The molecule has 0 aliphatic carbocycles. The Morgan fingerprint density at radius 3 is 2.62 bits per heavy atom. The Hall–Kier alpha value is -2.93. The normalized spacial score (nSPS) is 16.9. The number of carboxylic acid groups (broad SMARTS) is 1. The van der Waals surface area contributed by atoms with E-state index in [1.54, 1.807) is 41.6 Å². The molecule has 1 aliphatic heterocycles. The summed E-state index contributed by atoms with van der Waals surface area (Å²) in [5.41, 5.74) is 1.55. The zero-order valence-corrected chi connectivity index (χ0v) is 14.2. The number of ether oxygens (including phenoxy) is 2.